The van der Waals surface area contributed by atoms with Crippen LogP contribution in [0.15, 0.2) is 32.0 Å². The van der Waals surface area contributed by atoms with E-state index in [9.17, 15) is 8.42 Å². The molecular weight excluding hydrogens is 408 g/mol. The summed E-state index contributed by atoms with van der Waals surface area (Å²) in [6, 6.07) is 5.12. The molecule has 4 nitrogen and oxygen atoms in total. The van der Waals surface area contributed by atoms with Crippen molar-refractivity contribution >= 4 is 41.9 Å². The van der Waals surface area contributed by atoms with E-state index in [-0.39, 0.29) is 10.3 Å². The lowest BCUT2D eigenvalue weighted by Crippen LogP contribution is -2.42. The standard InChI is InChI=1S/C13H20Br2N2O2S/c1-4-17(9-13(2,3)8-16)20(18,19)12-7-10(14)5-6-11(12)15/h5-7H,4,8-9,16H2,1-3H3. The molecule has 0 amide bonds. The van der Waals surface area contributed by atoms with Crippen LogP contribution in [0.5, 0.6) is 0 Å². The zero-order chi connectivity index (χ0) is 15.6. The molecule has 0 aliphatic carbocycles. The molecule has 20 heavy (non-hydrogen) atoms. The summed E-state index contributed by atoms with van der Waals surface area (Å²) in [5, 5.41) is 0. The van der Waals surface area contributed by atoms with Gasteiger partial charge in [0.05, 0.1) is 4.90 Å². The zero-order valence-electron chi connectivity index (χ0n) is 11.9. The molecule has 0 aliphatic rings. The van der Waals surface area contributed by atoms with E-state index in [1.165, 1.54) is 4.31 Å². The highest BCUT2D eigenvalue weighted by Gasteiger charge is 2.30. The zero-order valence-corrected chi connectivity index (χ0v) is 15.8. The maximum absolute atomic E-state index is 12.8. The number of nitrogens with two attached hydrogens (primary N) is 1. The molecule has 1 aromatic rings. The summed E-state index contributed by atoms with van der Waals surface area (Å²) < 4.78 is 28.3. The van der Waals surface area contributed by atoms with E-state index < -0.39 is 10.0 Å². The Morgan fingerprint density at radius 1 is 1.30 bits per heavy atom. The van der Waals surface area contributed by atoms with Crippen LogP contribution >= 0.6 is 31.9 Å². The lowest BCUT2D eigenvalue weighted by Gasteiger charge is -2.30. The fourth-order valence-corrected chi connectivity index (χ4v) is 4.82. The molecule has 0 radical (unpaired) electrons. The van der Waals surface area contributed by atoms with Crippen molar-refractivity contribution in [2.45, 2.75) is 25.7 Å². The van der Waals surface area contributed by atoms with Crippen LogP contribution in [0.1, 0.15) is 20.8 Å². The van der Waals surface area contributed by atoms with Crippen molar-refractivity contribution in [1.82, 2.24) is 4.31 Å². The summed E-state index contributed by atoms with van der Waals surface area (Å²) in [4.78, 5) is 0.265. The van der Waals surface area contributed by atoms with Crippen LogP contribution in [0.4, 0.5) is 0 Å². The quantitative estimate of drug-likeness (QED) is 0.757. The van der Waals surface area contributed by atoms with Gasteiger partial charge in [-0.15, -0.1) is 0 Å². The van der Waals surface area contributed by atoms with E-state index in [0.717, 1.165) is 4.47 Å². The van der Waals surface area contributed by atoms with Gasteiger partial charge in [0, 0.05) is 22.0 Å². The predicted octanol–water partition coefficient (Wildman–Crippen LogP) is 3.21. The Kier molecular flexibility index (Phi) is 6.22. The van der Waals surface area contributed by atoms with Crippen molar-refractivity contribution < 1.29 is 8.42 Å². The molecule has 0 fully saturated rings. The molecule has 0 unspecified atom stereocenters. The Bertz CT molecular complexity index is 574. The van der Waals surface area contributed by atoms with Gasteiger partial charge < -0.3 is 5.73 Å². The molecule has 0 heterocycles. The molecule has 1 rings (SSSR count). The van der Waals surface area contributed by atoms with Gasteiger partial charge in [-0.3, -0.25) is 0 Å². The molecule has 0 bridgehead atoms. The lowest BCUT2D eigenvalue weighted by molar-refractivity contribution is 0.273. The largest absolute Gasteiger partial charge is 0.330 e. The normalized spacial score (nSPS) is 12.9. The molecule has 0 atom stereocenters. The predicted molar refractivity (Wildman–Crippen MR) is 89.1 cm³/mol. The number of rotatable bonds is 6. The van der Waals surface area contributed by atoms with Crippen molar-refractivity contribution in [2.75, 3.05) is 19.6 Å². The molecule has 0 aromatic heterocycles. The van der Waals surface area contributed by atoms with E-state index in [0.29, 0.717) is 24.1 Å². The topological polar surface area (TPSA) is 63.4 Å². The summed E-state index contributed by atoms with van der Waals surface area (Å²) in [5.74, 6) is 0. The Morgan fingerprint density at radius 3 is 2.40 bits per heavy atom. The second-order valence-electron chi connectivity index (χ2n) is 5.37. The number of hydrogen-bond donors (Lipinski definition) is 1. The summed E-state index contributed by atoms with van der Waals surface area (Å²) >= 11 is 6.62. The molecule has 0 spiro atoms. The number of sulfonamides is 1. The van der Waals surface area contributed by atoms with Gasteiger partial charge in [-0.05, 0) is 46.1 Å². The Balaban J connectivity index is 3.22. The fraction of sp³-hybridized carbons (Fsp3) is 0.538. The molecule has 0 aliphatic heterocycles. The van der Waals surface area contributed by atoms with Gasteiger partial charge in [0.15, 0.2) is 0 Å². The molecule has 0 saturated heterocycles. The molecule has 7 heteroatoms. The summed E-state index contributed by atoms with van der Waals surface area (Å²) in [6.07, 6.45) is 0. The van der Waals surface area contributed by atoms with E-state index in [4.69, 9.17) is 5.73 Å². The van der Waals surface area contributed by atoms with Gasteiger partial charge in [0.1, 0.15) is 0 Å². The molecule has 2 N–H and O–H groups in total. The van der Waals surface area contributed by atoms with Gasteiger partial charge in [0.2, 0.25) is 10.0 Å². The average molecular weight is 428 g/mol. The molecule has 114 valence electrons. The van der Waals surface area contributed by atoms with Gasteiger partial charge in [-0.25, -0.2) is 8.42 Å². The highest BCUT2D eigenvalue weighted by Crippen LogP contribution is 2.29. The van der Waals surface area contributed by atoms with E-state index >= 15 is 0 Å². The second-order valence-corrected chi connectivity index (χ2v) is 9.05. The van der Waals surface area contributed by atoms with Gasteiger partial charge >= 0.3 is 0 Å². The van der Waals surface area contributed by atoms with Gasteiger partial charge in [0.25, 0.3) is 0 Å². The van der Waals surface area contributed by atoms with E-state index in [1.54, 1.807) is 18.2 Å². The third-order valence-corrected chi connectivity index (χ3v) is 6.43. The third-order valence-electron chi connectivity index (χ3n) is 3.02. The highest BCUT2D eigenvalue weighted by atomic mass is 79.9. The average Bonchev–Trinajstić information content (AvgIpc) is 2.38. The molecule has 1 aromatic carbocycles. The fourth-order valence-electron chi connectivity index (χ4n) is 1.72. The monoisotopic (exact) mass is 426 g/mol. The lowest BCUT2D eigenvalue weighted by atomic mass is 9.94. The molecule has 0 saturated carbocycles. The van der Waals surface area contributed by atoms with Crippen LogP contribution in [0, 0.1) is 5.41 Å². The second kappa shape index (κ2) is 6.87. The number of halogens is 2. The number of hydrogen-bond acceptors (Lipinski definition) is 3. The summed E-state index contributed by atoms with van der Waals surface area (Å²) in [6.45, 7) is 6.98. The van der Waals surface area contributed by atoms with Crippen molar-refractivity contribution in [3.05, 3.63) is 27.1 Å². The Morgan fingerprint density at radius 2 is 1.90 bits per heavy atom. The van der Waals surface area contributed by atoms with Crippen LogP contribution in [0.3, 0.4) is 0 Å². The highest BCUT2D eigenvalue weighted by molar-refractivity contribution is 9.11. The van der Waals surface area contributed by atoms with Crippen molar-refractivity contribution in [3.8, 4) is 0 Å². The maximum Gasteiger partial charge on any atom is 0.244 e. The van der Waals surface area contributed by atoms with E-state index in [1.807, 2.05) is 20.8 Å². The van der Waals surface area contributed by atoms with Crippen molar-refractivity contribution in [3.63, 3.8) is 0 Å². The first-order valence-corrected chi connectivity index (χ1v) is 9.32. The minimum Gasteiger partial charge on any atom is -0.330 e. The third kappa shape index (κ3) is 4.27. The van der Waals surface area contributed by atoms with E-state index in [2.05, 4.69) is 31.9 Å². The Labute approximate surface area is 138 Å². The van der Waals surface area contributed by atoms with Crippen LogP contribution < -0.4 is 5.73 Å². The van der Waals surface area contributed by atoms with Crippen LogP contribution in [-0.4, -0.2) is 32.4 Å². The van der Waals surface area contributed by atoms with Crippen molar-refractivity contribution in [2.24, 2.45) is 11.1 Å². The van der Waals surface area contributed by atoms with Crippen LogP contribution in [0.25, 0.3) is 0 Å². The Hall–Kier alpha value is 0.0500. The van der Waals surface area contributed by atoms with Gasteiger partial charge in [-0.2, -0.15) is 4.31 Å². The first-order chi connectivity index (χ1) is 9.14. The summed E-state index contributed by atoms with van der Waals surface area (Å²) in [7, 11) is -3.55. The smallest absolute Gasteiger partial charge is 0.244 e. The first-order valence-electron chi connectivity index (χ1n) is 6.29. The van der Waals surface area contributed by atoms with Crippen LogP contribution in [-0.2, 0) is 10.0 Å². The van der Waals surface area contributed by atoms with Crippen LogP contribution in [0.2, 0.25) is 0 Å². The minimum absolute atomic E-state index is 0.262. The number of benzene rings is 1. The number of nitrogens with zero attached hydrogens (tertiary/aromatic N) is 1. The minimum atomic E-state index is -3.55. The maximum atomic E-state index is 12.8. The SMILES string of the molecule is CCN(CC(C)(C)CN)S(=O)(=O)c1cc(Br)ccc1Br. The molecular formula is C13H20Br2N2O2S. The van der Waals surface area contributed by atoms with Gasteiger partial charge in [-0.1, -0.05) is 36.7 Å². The summed E-state index contributed by atoms with van der Waals surface area (Å²) in [5.41, 5.74) is 5.44. The first kappa shape index (κ1) is 18.1. The van der Waals surface area contributed by atoms with Crippen molar-refractivity contribution in [1.29, 1.82) is 0 Å².